The summed E-state index contributed by atoms with van der Waals surface area (Å²) in [5, 5.41) is 14.8. The number of thiophene rings is 1. The summed E-state index contributed by atoms with van der Waals surface area (Å²) in [7, 11) is 0. The molecule has 7 nitrogen and oxygen atoms in total. The Bertz CT molecular complexity index is 675. The molecule has 0 bridgehead atoms. The normalized spacial score (nSPS) is 15.7. The summed E-state index contributed by atoms with van der Waals surface area (Å²) in [6.07, 6.45) is 1.52. The fourth-order valence-corrected chi connectivity index (χ4v) is 3.34. The van der Waals surface area contributed by atoms with Crippen molar-refractivity contribution in [1.82, 2.24) is 19.6 Å². The Hall–Kier alpha value is -2.19. The van der Waals surface area contributed by atoms with Crippen molar-refractivity contribution >= 4 is 23.2 Å². The van der Waals surface area contributed by atoms with Crippen molar-refractivity contribution in [1.29, 1.82) is 0 Å². The fraction of sp³-hybridized carbons (Fsp3) is 0.400. The second-order valence-corrected chi connectivity index (χ2v) is 6.47. The molecule has 3 rings (SSSR count). The lowest BCUT2D eigenvalue weighted by molar-refractivity contribution is -0.137. The van der Waals surface area contributed by atoms with E-state index in [0.717, 1.165) is 19.6 Å². The molecule has 0 aliphatic carbocycles. The first-order valence-electron chi connectivity index (χ1n) is 7.41. The molecule has 1 amide bonds. The maximum atomic E-state index is 12.4. The van der Waals surface area contributed by atoms with Crippen molar-refractivity contribution in [2.24, 2.45) is 0 Å². The molecule has 122 valence electrons. The maximum Gasteiger partial charge on any atom is 0.325 e. The van der Waals surface area contributed by atoms with Crippen LogP contribution in [0.2, 0.25) is 0 Å². The van der Waals surface area contributed by atoms with E-state index >= 15 is 0 Å². The third kappa shape index (κ3) is 3.96. The van der Waals surface area contributed by atoms with Crippen molar-refractivity contribution in [3.8, 4) is 0 Å². The molecule has 1 aliphatic heterocycles. The van der Waals surface area contributed by atoms with Gasteiger partial charge in [0.25, 0.3) is 5.91 Å². The summed E-state index contributed by atoms with van der Waals surface area (Å²) in [4.78, 5) is 28.5. The lowest BCUT2D eigenvalue weighted by Gasteiger charge is -2.34. The van der Waals surface area contributed by atoms with E-state index < -0.39 is 5.97 Å². The Balaban J connectivity index is 1.53. The van der Waals surface area contributed by atoms with E-state index in [0.29, 0.717) is 18.8 Å². The first-order chi connectivity index (χ1) is 11.1. The molecule has 8 heteroatoms. The van der Waals surface area contributed by atoms with E-state index in [2.05, 4.69) is 21.4 Å². The third-order valence-corrected chi connectivity index (χ3v) is 4.64. The summed E-state index contributed by atoms with van der Waals surface area (Å²) in [6.45, 7) is 3.68. The van der Waals surface area contributed by atoms with Crippen molar-refractivity contribution in [3.05, 3.63) is 40.3 Å². The van der Waals surface area contributed by atoms with Gasteiger partial charge in [-0.05, 0) is 17.5 Å². The Morgan fingerprint density at radius 3 is 2.65 bits per heavy atom. The minimum Gasteiger partial charge on any atom is -0.480 e. The molecule has 0 spiro atoms. The number of carbonyl (C=O) groups excluding carboxylic acids is 1. The van der Waals surface area contributed by atoms with E-state index in [1.165, 1.54) is 15.8 Å². The predicted octanol–water partition coefficient (Wildman–Crippen LogP) is 0.987. The minimum absolute atomic E-state index is 0.134. The number of hydrogen-bond donors (Lipinski definition) is 1. The van der Waals surface area contributed by atoms with Gasteiger partial charge in [-0.3, -0.25) is 19.2 Å². The Kier molecular flexibility index (Phi) is 4.73. The van der Waals surface area contributed by atoms with Gasteiger partial charge in [0.2, 0.25) is 0 Å². The van der Waals surface area contributed by atoms with Gasteiger partial charge in [-0.1, -0.05) is 6.07 Å². The first-order valence-corrected chi connectivity index (χ1v) is 8.29. The SMILES string of the molecule is O=C(O)Cn1ccc(C(=O)N2CCN(Cc3cccs3)CC2)n1. The first kappa shape index (κ1) is 15.7. The van der Waals surface area contributed by atoms with Gasteiger partial charge in [0, 0.05) is 43.8 Å². The molecular weight excluding hydrogens is 316 g/mol. The Morgan fingerprint density at radius 1 is 1.22 bits per heavy atom. The van der Waals surface area contributed by atoms with Gasteiger partial charge in [0.05, 0.1) is 0 Å². The lowest BCUT2D eigenvalue weighted by atomic mass is 10.2. The topological polar surface area (TPSA) is 78.7 Å². The van der Waals surface area contributed by atoms with Crippen molar-refractivity contribution < 1.29 is 14.7 Å². The Morgan fingerprint density at radius 2 is 2.00 bits per heavy atom. The highest BCUT2D eigenvalue weighted by Crippen LogP contribution is 2.14. The van der Waals surface area contributed by atoms with E-state index in [1.54, 1.807) is 22.3 Å². The summed E-state index contributed by atoms with van der Waals surface area (Å²) < 4.78 is 1.27. The molecule has 0 radical (unpaired) electrons. The molecule has 0 aromatic carbocycles. The second kappa shape index (κ2) is 6.93. The van der Waals surface area contributed by atoms with Crippen molar-refractivity contribution in [3.63, 3.8) is 0 Å². The van der Waals surface area contributed by atoms with E-state index in [-0.39, 0.29) is 12.5 Å². The average molecular weight is 334 g/mol. The van der Waals surface area contributed by atoms with Crippen molar-refractivity contribution in [2.45, 2.75) is 13.1 Å². The highest BCUT2D eigenvalue weighted by molar-refractivity contribution is 7.09. The predicted molar refractivity (Wildman–Crippen MR) is 85.4 cm³/mol. The molecule has 3 heterocycles. The van der Waals surface area contributed by atoms with Gasteiger partial charge < -0.3 is 10.0 Å². The molecule has 0 saturated carbocycles. The van der Waals surface area contributed by atoms with Crippen LogP contribution in [-0.2, 0) is 17.9 Å². The number of aromatic nitrogens is 2. The van der Waals surface area contributed by atoms with Crippen LogP contribution in [0.15, 0.2) is 29.8 Å². The average Bonchev–Trinajstić information content (AvgIpc) is 3.19. The van der Waals surface area contributed by atoms with E-state index in [1.807, 2.05) is 6.07 Å². The highest BCUT2D eigenvalue weighted by Gasteiger charge is 2.23. The van der Waals surface area contributed by atoms with Crippen LogP contribution >= 0.6 is 11.3 Å². The van der Waals surface area contributed by atoms with E-state index in [9.17, 15) is 9.59 Å². The van der Waals surface area contributed by atoms with Gasteiger partial charge in [-0.25, -0.2) is 0 Å². The maximum absolute atomic E-state index is 12.4. The van der Waals surface area contributed by atoms with E-state index in [4.69, 9.17) is 5.11 Å². The van der Waals surface area contributed by atoms with Crippen LogP contribution in [0.4, 0.5) is 0 Å². The van der Waals surface area contributed by atoms with Gasteiger partial charge in [0.1, 0.15) is 12.2 Å². The van der Waals surface area contributed by atoms with Gasteiger partial charge in [0.15, 0.2) is 0 Å². The lowest BCUT2D eigenvalue weighted by Crippen LogP contribution is -2.48. The zero-order chi connectivity index (χ0) is 16.2. The van der Waals surface area contributed by atoms with Crippen LogP contribution in [-0.4, -0.2) is 62.7 Å². The highest BCUT2D eigenvalue weighted by atomic mass is 32.1. The smallest absolute Gasteiger partial charge is 0.325 e. The van der Waals surface area contributed by atoms with Gasteiger partial charge >= 0.3 is 5.97 Å². The molecule has 0 unspecified atom stereocenters. The van der Waals surface area contributed by atoms with Crippen LogP contribution < -0.4 is 0 Å². The molecule has 1 fully saturated rings. The number of piperazine rings is 1. The molecule has 1 aliphatic rings. The third-order valence-electron chi connectivity index (χ3n) is 3.78. The van der Waals surface area contributed by atoms with Gasteiger partial charge in [-0.15, -0.1) is 11.3 Å². The second-order valence-electron chi connectivity index (χ2n) is 5.44. The van der Waals surface area contributed by atoms with Crippen LogP contribution in [0.1, 0.15) is 15.4 Å². The summed E-state index contributed by atoms with van der Waals surface area (Å²) in [6, 6.07) is 5.74. The molecule has 2 aromatic heterocycles. The van der Waals surface area contributed by atoms with Crippen LogP contribution in [0.25, 0.3) is 0 Å². The number of carbonyl (C=O) groups is 2. The van der Waals surface area contributed by atoms with Crippen LogP contribution in [0.3, 0.4) is 0 Å². The number of nitrogens with zero attached hydrogens (tertiary/aromatic N) is 4. The largest absolute Gasteiger partial charge is 0.480 e. The molecular formula is C15H18N4O3S. The monoisotopic (exact) mass is 334 g/mol. The number of aliphatic carboxylic acids is 1. The quantitative estimate of drug-likeness (QED) is 0.882. The van der Waals surface area contributed by atoms with Crippen molar-refractivity contribution in [2.75, 3.05) is 26.2 Å². The molecule has 0 atom stereocenters. The molecule has 2 aromatic rings. The number of carboxylic acid groups (broad SMARTS) is 1. The standard InChI is InChI=1S/C15H18N4O3S/c20-14(21)11-19-4-3-13(16-19)15(22)18-7-5-17(6-8-18)10-12-2-1-9-23-12/h1-4,9H,5-8,10-11H2,(H,20,21). The summed E-state index contributed by atoms with van der Waals surface area (Å²) >= 11 is 1.75. The Labute approximate surface area is 137 Å². The molecule has 1 saturated heterocycles. The van der Waals surface area contributed by atoms with Crippen LogP contribution in [0, 0.1) is 0 Å². The summed E-state index contributed by atoms with van der Waals surface area (Å²) in [5.41, 5.74) is 0.304. The zero-order valence-electron chi connectivity index (χ0n) is 12.6. The number of carboxylic acids is 1. The molecule has 23 heavy (non-hydrogen) atoms. The van der Waals surface area contributed by atoms with Gasteiger partial charge in [-0.2, -0.15) is 5.10 Å². The number of rotatable bonds is 5. The number of hydrogen-bond acceptors (Lipinski definition) is 5. The minimum atomic E-state index is -0.978. The molecule has 1 N–H and O–H groups in total. The zero-order valence-corrected chi connectivity index (χ0v) is 13.4. The fourth-order valence-electron chi connectivity index (χ4n) is 2.60. The number of amides is 1. The summed E-state index contributed by atoms with van der Waals surface area (Å²) in [5.74, 6) is -1.11. The van der Waals surface area contributed by atoms with Crippen LogP contribution in [0.5, 0.6) is 0 Å².